The number of aryl methyl sites for hydroxylation is 1. The number of aliphatic hydroxyl groups excluding tert-OH is 1. The molecule has 0 bridgehead atoms. The normalized spacial score (nSPS) is 11.1. The highest BCUT2D eigenvalue weighted by molar-refractivity contribution is 6.44. The molecule has 0 aliphatic rings. The van der Waals surface area contributed by atoms with E-state index in [1.54, 1.807) is 18.2 Å². The highest BCUT2D eigenvalue weighted by Crippen LogP contribution is 2.30. The monoisotopic (exact) mass is 417 g/mol. The molecule has 2 N–H and O–H groups in total. The smallest absolute Gasteiger partial charge is 0.266 e. The summed E-state index contributed by atoms with van der Waals surface area (Å²) in [6.07, 6.45) is 1.54. The van der Waals surface area contributed by atoms with Gasteiger partial charge in [-0.2, -0.15) is 5.26 Å². The average Bonchev–Trinajstić information content (AvgIpc) is 2.68. The number of aliphatic hydroxyl groups is 1. The largest absolute Gasteiger partial charge is 0.395 e. The van der Waals surface area contributed by atoms with E-state index in [1.165, 1.54) is 6.08 Å². The fraction of sp³-hybridized carbons (Fsp3) is 0.238. The summed E-state index contributed by atoms with van der Waals surface area (Å²) in [5, 5.41) is 21.8. The van der Waals surface area contributed by atoms with Gasteiger partial charge in [-0.3, -0.25) is 4.79 Å². The second-order valence-corrected chi connectivity index (χ2v) is 6.85. The summed E-state index contributed by atoms with van der Waals surface area (Å²) in [4.78, 5) is 14.5. The van der Waals surface area contributed by atoms with Gasteiger partial charge < -0.3 is 15.3 Å². The Kier molecular flexibility index (Phi) is 7.89. The second kappa shape index (κ2) is 10.1. The van der Waals surface area contributed by atoms with Crippen LogP contribution >= 0.6 is 23.2 Å². The number of nitrogens with one attached hydrogen (secondary N) is 1. The number of nitriles is 1. The maximum absolute atomic E-state index is 12.5. The van der Waals surface area contributed by atoms with Gasteiger partial charge >= 0.3 is 0 Å². The van der Waals surface area contributed by atoms with Crippen molar-refractivity contribution in [3.63, 3.8) is 0 Å². The SMILES string of the molecule is CCN(CCO)c1ccc(/C=C(\C#N)C(=O)Nc2cccc(Cl)c2Cl)c(C)c1. The molecule has 2 rings (SSSR count). The lowest BCUT2D eigenvalue weighted by atomic mass is 10.0. The molecule has 0 unspecified atom stereocenters. The number of halogens is 2. The average molecular weight is 418 g/mol. The molecule has 0 atom stereocenters. The molecule has 0 saturated carbocycles. The minimum absolute atomic E-state index is 0.0467. The third kappa shape index (κ3) is 5.26. The molecule has 0 heterocycles. The highest BCUT2D eigenvalue weighted by Gasteiger charge is 2.14. The van der Waals surface area contributed by atoms with E-state index in [2.05, 4.69) is 5.32 Å². The molecule has 5 nitrogen and oxygen atoms in total. The zero-order valence-electron chi connectivity index (χ0n) is 15.7. The Morgan fingerprint density at radius 1 is 1.32 bits per heavy atom. The van der Waals surface area contributed by atoms with E-state index in [4.69, 9.17) is 23.2 Å². The van der Waals surface area contributed by atoms with Gasteiger partial charge in [0, 0.05) is 18.8 Å². The molecule has 2 aromatic rings. The van der Waals surface area contributed by atoms with Crippen molar-refractivity contribution >= 4 is 46.6 Å². The van der Waals surface area contributed by atoms with Gasteiger partial charge in [0.15, 0.2) is 0 Å². The predicted molar refractivity (Wildman–Crippen MR) is 115 cm³/mol. The number of likely N-dealkylation sites (N-methyl/N-ethyl adjacent to an activating group) is 1. The molecule has 7 heteroatoms. The standard InChI is InChI=1S/C21H21Cl2N3O2/c1-3-26(9-10-27)17-8-7-15(14(2)11-17)12-16(13-24)21(28)25-19-6-4-5-18(22)20(19)23/h4-8,11-12,27H,3,9-10H2,1-2H3,(H,25,28)/b16-12+. The molecule has 0 aliphatic heterocycles. The van der Waals surface area contributed by atoms with Crippen molar-refractivity contribution in [1.29, 1.82) is 5.26 Å². The molecule has 0 aromatic heterocycles. The van der Waals surface area contributed by atoms with E-state index >= 15 is 0 Å². The van der Waals surface area contributed by atoms with E-state index in [0.29, 0.717) is 17.3 Å². The summed E-state index contributed by atoms with van der Waals surface area (Å²) in [5.74, 6) is -0.564. The zero-order chi connectivity index (χ0) is 20.7. The molecule has 0 saturated heterocycles. The molecular formula is C21H21Cl2N3O2. The van der Waals surface area contributed by atoms with Crippen LogP contribution in [0.1, 0.15) is 18.1 Å². The first kappa shape index (κ1) is 21.8. The maximum atomic E-state index is 12.5. The van der Waals surface area contributed by atoms with Crippen molar-refractivity contribution in [2.75, 3.05) is 29.9 Å². The predicted octanol–water partition coefficient (Wildman–Crippen LogP) is 4.67. The number of carbonyl (C=O) groups excluding carboxylic acids is 1. The molecule has 1 amide bonds. The van der Waals surface area contributed by atoms with Gasteiger partial charge in [-0.05, 0) is 55.3 Å². The van der Waals surface area contributed by atoms with Crippen molar-refractivity contribution in [3.8, 4) is 6.07 Å². The summed E-state index contributed by atoms with van der Waals surface area (Å²) in [7, 11) is 0. The summed E-state index contributed by atoms with van der Waals surface area (Å²) in [6, 6.07) is 12.5. The summed E-state index contributed by atoms with van der Waals surface area (Å²) in [5.41, 5.74) is 2.94. The molecule has 146 valence electrons. The van der Waals surface area contributed by atoms with Crippen LogP contribution in [0.5, 0.6) is 0 Å². The van der Waals surface area contributed by atoms with Crippen molar-refractivity contribution in [2.24, 2.45) is 0 Å². The van der Waals surface area contributed by atoms with Crippen LogP contribution in [0.4, 0.5) is 11.4 Å². The topological polar surface area (TPSA) is 76.4 Å². The first-order valence-electron chi connectivity index (χ1n) is 8.74. The Morgan fingerprint density at radius 3 is 2.68 bits per heavy atom. The number of nitrogens with zero attached hydrogens (tertiary/aromatic N) is 2. The van der Waals surface area contributed by atoms with E-state index < -0.39 is 5.91 Å². The number of amides is 1. The van der Waals surface area contributed by atoms with Crippen LogP contribution in [-0.2, 0) is 4.79 Å². The molecule has 0 fully saturated rings. The van der Waals surface area contributed by atoms with E-state index in [1.807, 2.05) is 43.0 Å². The van der Waals surface area contributed by atoms with Gasteiger partial charge in [-0.1, -0.05) is 35.3 Å². The van der Waals surface area contributed by atoms with Crippen LogP contribution in [-0.4, -0.2) is 30.7 Å². The van der Waals surface area contributed by atoms with Gasteiger partial charge in [-0.15, -0.1) is 0 Å². The third-order valence-electron chi connectivity index (χ3n) is 4.23. The maximum Gasteiger partial charge on any atom is 0.266 e. The van der Waals surface area contributed by atoms with Crippen LogP contribution in [0.2, 0.25) is 10.0 Å². The fourth-order valence-electron chi connectivity index (χ4n) is 2.70. The summed E-state index contributed by atoms with van der Waals surface area (Å²) >= 11 is 12.0. The van der Waals surface area contributed by atoms with Crippen molar-refractivity contribution in [2.45, 2.75) is 13.8 Å². The highest BCUT2D eigenvalue weighted by atomic mass is 35.5. The molecule has 28 heavy (non-hydrogen) atoms. The number of hydrogen-bond donors (Lipinski definition) is 2. The van der Waals surface area contributed by atoms with Crippen LogP contribution in [0.25, 0.3) is 6.08 Å². The van der Waals surface area contributed by atoms with E-state index in [-0.39, 0.29) is 17.2 Å². The first-order chi connectivity index (χ1) is 13.4. The number of rotatable bonds is 7. The zero-order valence-corrected chi connectivity index (χ0v) is 17.2. The van der Waals surface area contributed by atoms with Crippen molar-refractivity contribution in [1.82, 2.24) is 0 Å². The third-order valence-corrected chi connectivity index (χ3v) is 5.05. The lowest BCUT2D eigenvalue weighted by Crippen LogP contribution is -2.26. The first-order valence-corrected chi connectivity index (χ1v) is 9.50. The second-order valence-electron chi connectivity index (χ2n) is 6.07. The van der Waals surface area contributed by atoms with Crippen LogP contribution in [0.3, 0.4) is 0 Å². The Balaban J connectivity index is 2.27. The number of anilines is 2. The number of benzene rings is 2. The van der Waals surface area contributed by atoms with Crippen molar-refractivity contribution < 1.29 is 9.90 Å². The van der Waals surface area contributed by atoms with Crippen LogP contribution in [0.15, 0.2) is 42.0 Å². The fourth-order valence-corrected chi connectivity index (χ4v) is 3.05. The molecule has 2 aromatic carbocycles. The van der Waals surface area contributed by atoms with Gasteiger partial charge in [0.1, 0.15) is 11.6 Å². The van der Waals surface area contributed by atoms with Gasteiger partial charge in [0.25, 0.3) is 5.91 Å². The summed E-state index contributed by atoms with van der Waals surface area (Å²) in [6.45, 7) is 5.29. The molecule has 0 spiro atoms. The number of carbonyl (C=O) groups is 1. The Hall–Kier alpha value is -2.52. The van der Waals surface area contributed by atoms with Gasteiger partial charge in [0.05, 0.1) is 22.3 Å². The quantitative estimate of drug-likeness (QED) is 0.506. The lowest BCUT2D eigenvalue weighted by Gasteiger charge is -2.22. The number of hydrogen-bond acceptors (Lipinski definition) is 4. The molecule has 0 radical (unpaired) electrons. The van der Waals surface area contributed by atoms with E-state index in [0.717, 1.165) is 23.4 Å². The Morgan fingerprint density at radius 2 is 2.07 bits per heavy atom. The minimum atomic E-state index is -0.564. The van der Waals surface area contributed by atoms with Gasteiger partial charge in [0.2, 0.25) is 0 Å². The summed E-state index contributed by atoms with van der Waals surface area (Å²) < 4.78 is 0. The van der Waals surface area contributed by atoms with Crippen LogP contribution < -0.4 is 10.2 Å². The van der Waals surface area contributed by atoms with Crippen LogP contribution in [0, 0.1) is 18.3 Å². The Labute approximate surface area is 174 Å². The van der Waals surface area contributed by atoms with Gasteiger partial charge in [-0.25, -0.2) is 0 Å². The lowest BCUT2D eigenvalue weighted by molar-refractivity contribution is -0.112. The Bertz CT molecular complexity index is 936. The van der Waals surface area contributed by atoms with E-state index in [9.17, 15) is 15.2 Å². The minimum Gasteiger partial charge on any atom is -0.395 e. The molecular weight excluding hydrogens is 397 g/mol. The molecule has 0 aliphatic carbocycles. The van der Waals surface area contributed by atoms with Crippen molar-refractivity contribution in [3.05, 3.63) is 63.1 Å².